The molecule has 22 heavy (non-hydrogen) atoms. The molecule has 1 N–H and O–H groups in total. The highest BCUT2D eigenvalue weighted by atomic mass is 16.5. The Hall–Kier alpha value is -2.33. The SMILES string of the molecule is CN(NC(=O)CC1OCCc2ccccc21)c1ccccc1. The summed E-state index contributed by atoms with van der Waals surface area (Å²) in [6.07, 6.45) is 1.08. The minimum absolute atomic E-state index is 0.0481. The number of hydrogen-bond acceptors (Lipinski definition) is 3. The largest absolute Gasteiger partial charge is 0.373 e. The molecule has 0 spiro atoms. The van der Waals surface area contributed by atoms with E-state index in [1.165, 1.54) is 5.56 Å². The summed E-state index contributed by atoms with van der Waals surface area (Å²) in [5, 5.41) is 1.73. The van der Waals surface area contributed by atoms with E-state index in [0.717, 1.165) is 17.7 Å². The van der Waals surface area contributed by atoms with Gasteiger partial charge in [-0.1, -0.05) is 42.5 Å². The zero-order chi connectivity index (χ0) is 15.4. The second-order valence-corrected chi connectivity index (χ2v) is 5.44. The van der Waals surface area contributed by atoms with E-state index in [4.69, 9.17) is 4.74 Å². The zero-order valence-corrected chi connectivity index (χ0v) is 12.7. The lowest BCUT2D eigenvalue weighted by Gasteiger charge is -2.27. The molecule has 1 aliphatic heterocycles. The van der Waals surface area contributed by atoms with Crippen molar-refractivity contribution in [3.8, 4) is 0 Å². The third-order valence-electron chi connectivity index (χ3n) is 3.90. The lowest BCUT2D eigenvalue weighted by atomic mass is 9.96. The molecule has 1 amide bonds. The van der Waals surface area contributed by atoms with Crippen molar-refractivity contribution in [1.82, 2.24) is 5.43 Å². The molecule has 0 aromatic heterocycles. The Balaban J connectivity index is 1.63. The number of para-hydroxylation sites is 1. The topological polar surface area (TPSA) is 41.6 Å². The second-order valence-electron chi connectivity index (χ2n) is 5.44. The molecule has 0 bridgehead atoms. The predicted molar refractivity (Wildman–Crippen MR) is 86.4 cm³/mol. The number of carbonyl (C=O) groups is 1. The van der Waals surface area contributed by atoms with E-state index in [0.29, 0.717) is 13.0 Å². The first-order valence-corrected chi connectivity index (χ1v) is 7.51. The van der Waals surface area contributed by atoms with E-state index in [-0.39, 0.29) is 12.0 Å². The minimum atomic E-state index is -0.158. The summed E-state index contributed by atoms with van der Waals surface area (Å²) < 4.78 is 5.78. The van der Waals surface area contributed by atoms with Crippen LogP contribution in [0, 0.1) is 0 Å². The van der Waals surface area contributed by atoms with E-state index < -0.39 is 0 Å². The molecule has 114 valence electrons. The average molecular weight is 296 g/mol. The van der Waals surface area contributed by atoms with Gasteiger partial charge in [-0.05, 0) is 29.7 Å². The van der Waals surface area contributed by atoms with Crippen LogP contribution in [0.25, 0.3) is 0 Å². The van der Waals surface area contributed by atoms with Crippen molar-refractivity contribution in [2.75, 3.05) is 18.7 Å². The van der Waals surface area contributed by atoms with Gasteiger partial charge < -0.3 is 4.74 Å². The van der Waals surface area contributed by atoms with Gasteiger partial charge in [-0.15, -0.1) is 0 Å². The fraction of sp³-hybridized carbons (Fsp3) is 0.278. The molecule has 0 saturated heterocycles. The highest BCUT2D eigenvalue weighted by Crippen LogP contribution is 2.29. The molecule has 0 aliphatic carbocycles. The summed E-state index contributed by atoms with van der Waals surface area (Å²) in [5.41, 5.74) is 6.25. The molecule has 3 rings (SSSR count). The van der Waals surface area contributed by atoms with Crippen LogP contribution in [0.3, 0.4) is 0 Å². The summed E-state index contributed by atoms with van der Waals surface area (Å²) in [4.78, 5) is 12.3. The first-order chi connectivity index (χ1) is 10.7. The van der Waals surface area contributed by atoms with E-state index in [1.54, 1.807) is 5.01 Å². The zero-order valence-electron chi connectivity index (χ0n) is 12.7. The molecule has 1 heterocycles. The number of anilines is 1. The maximum absolute atomic E-state index is 12.3. The number of carbonyl (C=O) groups excluding carboxylic acids is 1. The first-order valence-electron chi connectivity index (χ1n) is 7.51. The number of hydrazine groups is 1. The quantitative estimate of drug-likeness (QED) is 0.882. The summed E-state index contributed by atoms with van der Waals surface area (Å²) in [7, 11) is 1.84. The van der Waals surface area contributed by atoms with Crippen molar-refractivity contribution in [3.05, 3.63) is 65.7 Å². The Kier molecular flexibility index (Phi) is 4.39. The minimum Gasteiger partial charge on any atom is -0.373 e. The van der Waals surface area contributed by atoms with Gasteiger partial charge in [0, 0.05) is 7.05 Å². The Bertz CT molecular complexity index is 643. The molecule has 2 aromatic rings. The number of nitrogens with zero attached hydrogens (tertiary/aromatic N) is 1. The van der Waals surface area contributed by atoms with Crippen molar-refractivity contribution in [3.63, 3.8) is 0 Å². The Labute approximate surface area is 130 Å². The van der Waals surface area contributed by atoms with Crippen LogP contribution in [0.2, 0.25) is 0 Å². The second kappa shape index (κ2) is 6.62. The molecule has 1 atom stereocenters. The lowest BCUT2D eigenvalue weighted by molar-refractivity contribution is -0.124. The molecule has 0 fully saturated rings. The summed E-state index contributed by atoms with van der Waals surface area (Å²) in [5.74, 6) is -0.0481. The highest BCUT2D eigenvalue weighted by Gasteiger charge is 2.23. The molecule has 0 radical (unpaired) electrons. The molecular formula is C18H20N2O2. The fourth-order valence-electron chi connectivity index (χ4n) is 2.76. The van der Waals surface area contributed by atoms with Crippen LogP contribution >= 0.6 is 0 Å². The van der Waals surface area contributed by atoms with Crippen LogP contribution in [0.5, 0.6) is 0 Å². The van der Waals surface area contributed by atoms with E-state index in [1.807, 2.05) is 55.6 Å². The maximum Gasteiger partial charge on any atom is 0.241 e. The van der Waals surface area contributed by atoms with Crippen molar-refractivity contribution < 1.29 is 9.53 Å². The van der Waals surface area contributed by atoms with Crippen molar-refractivity contribution in [1.29, 1.82) is 0 Å². The third-order valence-corrected chi connectivity index (χ3v) is 3.90. The van der Waals surface area contributed by atoms with Gasteiger partial charge in [0.05, 0.1) is 24.8 Å². The standard InChI is InChI=1S/C18H20N2O2/c1-20(15-8-3-2-4-9-15)19-18(21)13-17-16-10-6-5-7-14(16)11-12-22-17/h2-10,17H,11-13H2,1H3,(H,19,21). The van der Waals surface area contributed by atoms with Gasteiger partial charge in [0.25, 0.3) is 0 Å². The average Bonchev–Trinajstić information content (AvgIpc) is 2.56. The van der Waals surface area contributed by atoms with Crippen LogP contribution in [0.15, 0.2) is 54.6 Å². The maximum atomic E-state index is 12.3. The monoisotopic (exact) mass is 296 g/mol. The van der Waals surface area contributed by atoms with Gasteiger partial charge in [0.1, 0.15) is 0 Å². The number of hydrogen-bond donors (Lipinski definition) is 1. The number of fused-ring (bicyclic) bond motifs is 1. The van der Waals surface area contributed by atoms with Gasteiger partial charge in [-0.25, -0.2) is 0 Å². The highest BCUT2D eigenvalue weighted by molar-refractivity contribution is 5.78. The summed E-state index contributed by atoms with van der Waals surface area (Å²) in [6, 6.07) is 17.9. The Morgan fingerprint density at radius 3 is 2.73 bits per heavy atom. The number of benzene rings is 2. The van der Waals surface area contributed by atoms with E-state index >= 15 is 0 Å². The predicted octanol–water partition coefficient (Wildman–Crippen LogP) is 2.86. The van der Waals surface area contributed by atoms with Crippen LogP contribution in [-0.2, 0) is 16.0 Å². The van der Waals surface area contributed by atoms with Crippen LogP contribution in [0.1, 0.15) is 23.7 Å². The fourth-order valence-corrected chi connectivity index (χ4v) is 2.76. The molecule has 4 nitrogen and oxygen atoms in total. The molecule has 1 aliphatic rings. The number of nitrogens with one attached hydrogen (secondary N) is 1. The number of ether oxygens (including phenoxy) is 1. The normalized spacial score (nSPS) is 16.7. The summed E-state index contributed by atoms with van der Waals surface area (Å²) >= 11 is 0. The van der Waals surface area contributed by atoms with Gasteiger partial charge >= 0.3 is 0 Å². The van der Waals surface area contributed by atoms with Crippen LogP contribution in [-0.4, -0.2) is 19.6 Å². The Morgan fingerprint density at radius 2 is 1.91 bits per heavy atom. The third kappa shape index (κ3) is 3.28. The van der Waals surface area contributed by atoms with Crippen molar-refractivity contribution >= 4 is 11.6 Å². The number of amides is 1. The van der Waals surface area contributed by atoms with E-state index in [9.17, 15) is 4.79 Å². The lowest BCUT2D eigenvalue weighted by Crippen LogP contribution is -2.40. The van der Waals surface area contributed by atoms with E-state index in [2.05, 4.69) is 11.5 Å². The van der Waals surface area contributed by atoms with Crippen LogP contribution < -0.4 is 10.4 Å². The van der Waals surface area contributed by atoms with Crippen molar-refractivity contribution in [2.24, 2.45) is 0 Å². The molecule has 1 unspecified atom stereocenters. The molecule has 0 saturated carbocycles. The number of rotatable bonds is 4. The van der Waals surface area contributed by atoms with Gasteiger partial charge in [-0.3, -0.25) is 15.2 Å². The van der Waals surface area contributed by atoms with Crippen LogP contribution in [0.4, 0.5) is 5.69 Å². The molecule has 4 heteroatoms. The van der Waals surface area contributed by atoms with Crippen molar-refractivity contribution in [2.45, 2.75) is 18.9 Å². The summed E-state index contributed by atoms with van der Waals surface area (Å²) in [6.45, 7) is 0.670. The molecule has 2 aromatic carbocycles. The van der Waals surface area contributed by atoms with Gasteiger partial charge in [0.15, 0.2) is 0 Å². The smallest absolute Gasteiger partial charge is 0.241 e. The Morgan fingerprint density at radius 1 is 1.18 bits per heavy atom. The first kappa shape index (κ1) is 14.6. The van der Waals surface area contributed by atoms with Gasteiger partial charge in [-0.2, -0.15) is 0 Å². The van der Waals surface area contributed by atoms with Gasteiger partial charge in [0.2, 0.25) is 5.91 Å². The molecular weight excluding hydrogens is 276 g/mol.